The van der Waals surface area contributed by atoms with E-state index in [0.29, 0.717) is 48.7 Å². The molecule has 3 rings (SSSR count). The van der Waals surface area contributed by atoms with E-state index in [1.54, 1.807) is 6.92 Å². The zero-order chi connectivity index (χ0) is 24.7. The summed E-state index contributed by atoms with van der Waals surface area (Å²) in [5.74, 6) is -1.17. The number of rotatable bonds is 8. The summed E-state index contributed by atoms with van der Waals surface area (Å²) in [5.41, 5.74) is 0.361. The number of hydrogen-bond acceptors (Lipinski definition) is 4. The fourth-order valence-corrected chi connectivity index (χ4v) is 6.58. The molecule has 0 amide bonds. The minimum atomic E-state index is -1.17. The third-order valence-electron chi connectivity index (χ3n) is 9.29. The van der Waals surface area contributed by atoms with Crippen molar-refractivity contribution in [2.24, 2.45) is 46.3 Å². The first-order valence-corrected chi connectivity index (χ1v) is 12.4. The van der Waals surface area contributed by atoms with Gasteiger partial charge in [-0.25, -0.2) is 0 Å². The van der Waals surface area contributed by atoms with Gasteiger partial charge in [-0.1, -0.05) is 58.4 Å². The molecule has 0 aromatic carbocycles. The highest BCUT2D eigenvalue weighted by atomic mass is 16.4. The zero-order valence-electron chi connectivity index (χ0n) is 20.9. The molecule has 0 aromatic rings. The van der Waals surface area contributed by atoms with Crippen LogP contribution in [0.3, 0.4) is 0 Å². The minimum Gasteiger partial charge on any atom is -0.481 e. The van der Waals surface area contributed by atoms with E-state index < -0.39 is 34.7 Å². The lowest BCUT2D eigenvalue weighted by atomic mass is 9.62. The van der Waals surface area contributed by atoms with Crippen molar-refractivity contribution < 1.29 is 24.6 Å². The Labute approximate surface area is 198 Å². The third-order valence-corrected chi connectivity index (χ3v) is 9.29. The van der Waals surface area contributed by atoms with Gasteiger partial charge in [0.25, 0.3) is 0 Å². The second-order valence-corrected chi connectivity index (χ2v) is 11.4. The van der Waals surface area contributed by atoms with Gasteiger partial charge in [0, 0.05) is 11.8 Å². The molecule has 0 spiro atoms. The largest absolute Gasteiger partial charge is 0.481 e. The molecular formula is C28H40O5. The van der Waals surface area contributed by atoms with Crippen LogP contribution in [-0.2, 0) is 14.4 Å². The Morgan fingerprint density at radius 2 is 1.82 bits per heavy atom. The maximum Gasteiger partial charge on any atom is 0.313 e. The van der Waals surface area contributed by atoms with E-state index in [1.807, 2.05) is 13.0 Å². The number of aliphatic carboxylic acids is 1. The smallest absolute Gasteiger partial charge is 0.313 e. The van der Waals surface area contributed by atoms with Crippen molar-refractivity contribution >= 4 is 18.5 Å². The van der Waals surface area contributed by atoms with E-state index in [9.17, 15) is 24.6 Å². The molecule has 3 aliphatic rings. The van der Waals surface area contributed by atoms with E-state index in [2.05, 4.69) is 39.8 Å². The fraction of sp³-hybridized carbons (Fsp3) is 0.679. The number of carbonyl (C=O) groups excluding carboxylic acids is 2. The summed E-state index contributed by atoms with van der Waals surface area (Å²) in [7, 11) is 0. The molecule has 0 aliphatic heterocycles. The summed E-state index contributed by atoms with van der Waals surface area (Å²) >= 11 is 0. The van der Waals surface area contributed by atoms with Crippen LogP contribution in [0.2, 0.25) is 0 Å². The van der Waals surface area contributed by atoms with Crippen molar-refractivity contribution in [3.63, 3.8) is 0 Å². The van der Waals surface area contributed by atoms with Crippen LogP contribution >= 0.6 is 0 Å². The lowest BCUT2D eigenvalue weighted by molar-refractivity contribution is -0.149. The summed E-state index contributed by atoms with van der Waals surface area (Å²) < 4.78 is 0. The molecule has 0 aromatic heterocycles. The number of aliphatic hydroxyl groups excluding tert-OH is 1. The maximum atomic E-state index is 12.8. The molecule has 182 valence electrons. The average Bonchev–Trinajstić information content (AvgIpc) is 3.23. The molecule has 0 unspecified atom stereocenters. The van der Waals surface area contributed by atoms with Gasteiger partial charge in [-0.3, -0.25) is 9.59 Å². The molecular weight excluding hydrogens is 416 g/mol. The van der Waals surface area contributed by atoms with Crippen LogP contribution in [0.1, 0.15) is 67.2 Å². The Bertz CT molecular complexity index is 896. The predicted molar refractivity (Wildman–Crippen MR) is 128 cm³/mol. The van der Waals surface area contributed by atoms with Crippen LogP contribution < -0.4 is 0 Å². The van der Waals surface area contributed by atoms with Gasteiger partial charge < -0.3 is 15.0 Å². The number of carbonyl (C=O) groups is 3. The molecule has 0 radical (unpaired) electrons. The van der Waals surface area contributed by atoms with Crippen LogP contribution in [-0.4, -0.2) is 34.9 Å². The number of hydrogen-bond donors (Lipinski definition) is 2. The number of fused-ring (bicyclic) bond motifs is 1. The monoisotopic (exact) mass is 456 g/mol. The maximum absolute atomic E-state index is 12.8. The summed E-state index contributed by atoms with van der Waals surface area (Å²) in [6.45, 7) is 12.3. The first-order chi connectivity index (χ1) is 15.4. The van der Waals surface area contributed by atoms with Gasteiger partial charge >= 0.3 is 5.97 Å². The summed E-state index contributed by atoms with van der Waals surface area (Å²) in [6, 6.07) is 0. The molecule has 0 heterocycles. The molecule has 0 saturated heterocycles. The van der Waals surface area contributed by atoms with E-state index in [4.69, 9.17) is 0 Å². The molecule has 1 saturated carbocycles. The molecule has 8 atom stereocenters. The van der Waals surface area contributed by atoms with E-state index in [1.165, 1.54) is 0 Å². The first kappa shape index (κ1) is 25.6. The summed E-state index contributed by atoms with van der Waals surface area (Å²) in [4.78, 5) is 37.6. The normalized spacial score (nSPS) is 38.4. The molecule has 33 heavy (non-hydrogen) atoms. The van der Waals surface area contributed by atoms with Crippen molar-refractivity contribution in [1.29, 1.82) is 0 Å². The highest BCUT2D eigenvalue weighted by Gasteiger charge is 2.59. The van der Waals surface area contributed by atoms with E-state index in [0.717, 1.165) is 18.1 Å². The number of carboxylic acid groups (broad SMARTS) is 1. The van der Waals surface area contributed by atoms with Crippen LogP contribution in [0.4, 0.5) is 0 Å². The van der Waals surface area contributed by atoms with E-state index >= 15 is 0 Å². The number of allylic oxidation sites excluding steroid dienone is 4. The lowest BCUT2D eigenvalue weighted by Crippen LogP contribution is -2.42. The molecule has 5 heteroatoms. The van der Waals surface area contributed by atoms with Gasteiger partial charge in [0.15, 0.2) is 0 Å². The predicted octanol–water partition coefficient (Wildman–Crippen LogP) is 5.00. The number of carboxylic acids is 1. The molecule has 1 fully saturated rings. The number of aldehydes is 2. The van der Waals surface area contributed by atoms with Gasteiger partial charge in [-0.2, -0.15) is 0 Å². The molecule has 2 N–H and O–H groups in total. The molecule has 3 aliphatic carbocycles. The van der Waals surface area contributed by atoms with Crippen molar-refractivity contribution in [3.05, 3.63) is 34.9 Å². The van der Waals surface area contributed by atoms with Gasteiger partial charge in [0.2, 0.25) is 0 Å². The Balaban J connectivity index is 2.04. The van der Waals surface area contributed by atoms with Crippen LogP contribution in [0, 0.1) is 46.3 Å². The van der Waals surface area contributed by atoms with Crippen molar-refractivity contribution in [2.75, 3.05) is 0 Å². The Morgan fingerprint density at radius 1 is 1.15 bits per heavy atom. The Kier molecular flexibility index (Phi) is 7.24. The van der Waals surface area contributed by atoms with Crippen molar-refractivity contribution in [2.45, 2.75) is 73.3 Å². The highest BCUT2D eigenvalue weighted by molar-refractivity contribution is 5.86. The minimum absolute atomic E-state index is 0.0316. The highest BCUT2D eigenvalue weighted by Crippen LogP contribution is 2.62. The van der Waals surface area contributed by atoms with Crippen LogP contribution in [0.5, 0.6) is 0 Å². The lowest BCUT2D eigenvalue weighted by Gasteiger charge is -2.41. The van der Waals surface area contributed by atoms with Crippen molar-refractivity contribution in [1.82, 2.24) is 0 Å². The topological polar surface area (TPSA) is 91.7 Å². The fourth-order valence-electron chi connectivity index (χ4n) is 6.58. The van der Waals surface area contributed by atoms with E-state index in [-0.39, 0.29) is 11.8 Å². The zero-order valence-corrected chi connectivity index (χ0v) is 20.9. The van der Waals surface area contributed by atoms with Gasteiger partial charge in [-0.15, -0.1) is 0 Å². The van der Waals surface area contributed by atoms with Crippen molar-refractivity contribution in [3.8, 4) is 0 Å². The Hall–Kier alpha value is -2.01. The second-order valence-electron chi connectivity index (χ2n) is 11.4. The van der Waals surface area contributed by atoms with Gasteiger partial charge in [-0.05, 0) is 72.8 Å². The first-order valence-electron chi connectivity index (χ1n) is 12.4. The Morgan fingerprint density at radius 3 is 2.36 bits per heavy atom. The standard InChI is InChI=1S/C28H40O5/c1-16(2)17(3)7-8-18(4)21-9-10-22(28(21,6)26(32)33)25-20(14-29)23-13-19(31)11-12-27(23,5)24(25)15-30/h7-8,10,14-19,21,24-25,31H,9,11-13H2,1-6H3,(H,32,33)/t17-,18+,19-,21+,24-,25+,27-,28+/m0/s1. The quantitative estimate of drug-likeness (QED) is 0.396. The SMILES string of the molecule is CC(C)[C@@H](C)C=C[C@@H](C)[C@H]1CC=C([C@H]2C(C=O)=C3C[C@@H](O)CC[C@]3(C)[C@H]2C=O)[C@]1(C)C(=O)O. The second kappa shape index (κ2) is 9.32. The third kappa shape index (κ3) is 4.07. The van der Waals surface area contributed by atoms with Gasteiger partial charge in [0.1, 0.15) is 12.6 Å². The van der Waals surface area contributed by atoms with Crippen LogP contribution in [0.15, 0.2) is 34.9 Å². The summed E-state index contributed by atoms with van der Waals surface area (Å²) in [6.07, 6.45) is 9.67. The molecule has 5 nitrogen and oxygen atoms in total. The average molecular weight is 457 g/mol. The van der Waals surface area contributed by atoms with Gasteiger partial charge in [0.05, 0.1) is 11.5 Å². The van der Waals surface area contributed by atoms with Crippen LogP contribution in [0.25, 0.3) is 0 Å². The molecule has 0 bridgehead atoms. The summed E-state index contributed by atoms with van der Waals surface area (Å²) in [5, 5.41) is 20.8. The number of aliphatic hydroxyl groups is 1.